The average molecular weight is 276 g/mol. The molecule has 0 amide bonds. The van der Waals surface area contributed by atoms with Crippen LogP contribution in [0.5, 0.6) is 0 Å². The molecule has 1 aliphatic heterocycles. The summed E-state index contributed by atoms with van der Waals surface area (Å²) in [4.78, 5) is 0. The quantitative estimate of drug-likeness (QED) is 0.414. The van der Waals surface area contributed by atoms with E-state index >= 15 is 0 Å². The monoisotopic (exact) mass is 276 g/mol. The predicted molar refractivity (Wildman–Crippen MR) is 86.4 cm³/mol. The van der Waals surface area contributed by atoms with Crippen LogP contribution in [0.2, 0.25) is 0 Å². The fourth-order valence-electron chi connectivity index (χ4n) is 1.66. The molecule has 2 heteroatoms. The molecular weight excluding hydrogens is 248 g/mol. The van der Waals surface area contributed by atoms with Gasteiger partial charge in [-0.25, -0.2) is 0 Å². The van der Waals surface area contributed by atoms with Crippen LogP contribution in [-0.2, 0) is 9.47 Å². The molecule has 0 aromatic heterocycles. The number of rotatable bonds is 5. The summed E-state index contributed by atoms with van der Waals surface area (Å²) in [6, 6.07) is 0. The van der Waals surface area contributed by atoms with Crippen molar-refractivity contribution in [2.24, 2.45) is 0 Å². The summed E-state index contributed by atoms with van der Waals surface area (Å²) in [5.41, 5.74) is 3.34. The SMILES string of the molecule is C=C(C)/C=C(/COCC#CC)C1=C(C)CCO1.CCC. The van der Waals surface area contributed by atoms with E-state index in [1.54, 1.807) is 6.92 Å². The van der Waals surface area contributed by atoms with Gasteiger partial charge in [-0.2, -0.15) is 0 Å². The molecule has 0 atom stereocenters. The van der Waals surface area contributed by atoms with Crippen LogP contribution < -0.4 is 0 Å². The maximum Gasteiger partial charge on any atom is 0.123 e. The molecule has 1 heterocycles. The van der Waals surface area contributed by atoms with Gasteiger partial charge in [-0.15, -0.1) is 5.92 Å². The van der Waals surface area contributed by atoms with Crippen LogP contribution in [0.4, 0.5) is 0 Å². The van der Waals surface area contributed by atoms with Crippen molar-refractivity contribution < 1.29 is 9.47 Å². The van der Waals surface area contributed by atoms with Crippen molar-refractivity contribution in [2.75, 3.05) is 19.8 Å². The first-order chi connectivity index (χ1) is 9.56. The maximum absolute atomic E-state index is 5.64. The Labute approximate surface area is 124 Å². The van der Waals surface area contributed by atoms with Crippen molar-refractivity contribution in [1.82, 2.24) is 0 Å². The second-order valence-electron chi connectivity index (χ2n) is 4.85. The molecule has 1 rings (SSSR count). The first kappa shape index (κ1) is 18.5. The van der Waals surface area contributed by atoms with Crippen molar-refractivity contribution >= 4 is 0 Å². The van der Waals surface area contributed by atoms with Crippen LogP contribution in [0.25, 0.3) is 0 Å². The summed E-state index contributed by atoms with van der Waals surface area (Å²) in [7, 11) is 0. The normalized spacial score (nSPS) is 13.9. The summed E-state index contributed by atoms with van der Waals surface area (Å²) >= 11 is 0. The summed E-state index contributed by atoms with van der Waals surface area (Å²) in [6.45, 7) is 15.8. The molecule has 20 heavy (non-hydrogen) atoms. The minimum atomic E-state index is 0.455. The number of hydrogen-bond acceptors (Lipinski definition) is 2. The van der Waals surface area contributed by atoms with E-state index in [0.717, 1.165) is 29.9 Å². The molecule has 0 saturated heterocycles. The first-order valence-corrected chi connectivity index (χ1v) is 7.23. The van der Waals surface area contributed by atoms with Crippen LogP contribution in [0, 0.1) is 11.8 Å². The third kappa shape index (κ3) is 7.86. The molecule has 0 radical (unpaired) electrons. The van der Waals surface area contributed by atoms with Crippen molar-refractivity contribution in [3.63, 3.8) is 0 Å². The Morgan fingerprint density at radius 1 is 1.45 bits per heavy atom. The molecule has 0 spiro atoms. The number of allylic oxidation sites excluding steroid dienone is 2. The van der Waals surface area contributed by atoms with Gasteiger partial charge in [-0.05, 0) is 26.3 Å². The summed E-state index contributed by atoms with van der Waals surface area (Å²) < 4.78 is 11.1. The minimum absolute atomic E-state index is 0.455. The van der Waals surface area contributed by atoms with E-state index in [1.807, 2.05) is 13.0 Å². The zero-order chi connectivity index (χ0) is 15.4. The maximum atomic E-state index is 5.64. The van der Waals surface area contributed by atoms with Crippen molar-refractivity contribution in [1.29, 1.82) is 0 Å². The Morgan fingerprint density at radius 3 is 2.55 bits per heavy atom. The second-order valence-corrected chi connectivity index (χ2v) is 4.85. The Hall–Kier alpha value is -1.46. The highest BCUT2D eigenvalue weighted by Crippen LogP contribution is 2.26. The molecule has 2 nitrogen and oxygen atoms in total. The van der Waals surface area contributed by atoms with Gasteiger partial charge in [0.15, 0.2) is 0 Å². The zero-order valence-electron chi connectivity index (χ0n) is 13.6. The first-order valence-electron chi connectivity index (χ1n) is 7.23. The van der Waals surface area contributed by atoms with Gasteiger partial charge in [0, 0.05) is 12.0 Å². The summed E-state index contributed by atoms with van der Waals surface area (Å²) in [6.07, 6.45) is 4.27. The van der Waals surface area contributed by atoms with Crippen LogP contribution in [0.3, 0.4) is 0 Å². The van der Waals surface area contributed by atoms with Gasteiger partial charge < -0.3 is 9.47 Å². The van der Waals surface area contributed by atoms with Gasteiger partial charge in [0.1, 0.15) is 12.4 Å². The van der Waals surface area contributed by atoms with E-state index < -0.39 is 0 Å². The van der Waals surface area contributed by atoms with E-state index in [1.165, 1.54) is 12.0 Å². The Morgan fingerprint density at radius 2 is 2.10 bits per heavy atom. The highest BCUT2D eigenvalue weighted by atomic mass is 16.5. The molecule has 1 aliphatic rings. The predicted octanol–water partition coefficient (Wildman–Crippen LogP) is 4.64. The van der Waals surface area contributed by atoms with Gasteiger partial charge in [0.25, 0.3) is 0 Å². The Kier molecular flexibility index (Phi) is 10.5. The standard InChI is InChI=1S/C15H20O2.C3H8/c1-5-6-8-16-11-14(10-12(2)3)15-13(4)7-9-17-15;1-3-2/h10H,2,7-9,11H2,1,3-4H3;3H2,1-2H3/b14-10-;. The van der Waals surface area contributed by atoms with E-state index in [4.69, 9.17) is 9.47 Å². The number of hydrogen-bond donors (Lipinski definition) is 0. The largest absolute Gasteiger partial charge is 0.493 e. The third-order valence-corrected chi connectivity index (χ3v) is 2.43. The highest BCUT2D eigenvalue weighted by Gasteiger charge is 2.16. The fourth-order valence-corrected chi connectivity index (χ4v) is 1.66. The van der Waals surface area contributed by atoms with Crippen molar-refractivity contribution in [3.05, 3.63) is 35.1 Å². The smallest absolute Gasteiger partial charge is 0.123 e. The topological polar surface area (TPSA) is 18.5 Å². The lowest BCUT2D eigenvalue weighted by Gasteiger charge is -2.10. The molecule has 0 aromatic carbocycles. The molecule has 112 valence electrons. The Bertz CT molecular complexity index is 416. The summed E-state index contributed by atoms with van der Waals surface area (Å²) in [5, 5.41) is 0. The van der Waals surface area contributed by atoms with Crippen molar-refractivity contribution in [3.8, 4) is 11.8 Å². The molecule has 0 bridgehead atoms. The van der Waals surface area contributed by atoms with E-state index in [-0.39, 0.29) is 0 Å². The van der Waals surface area contributed by atoms with E-state index in [9.17, 15) is 0 Å². The lowest BCUT2D eigenvalue weighted by atomic mass is 10.1. The van der Waals surface area contributed by atoms with E-state index in [0.29, 0.717) is 13.2 Å². The van der Waals surface area contributed by atoms with Gasteiger partial charge in [0.05, 0.1) is 13.2 Å². The molecule has 0 N–H and O–H groups in total. The van der Waals surface area contributed by atoms with Crippen LogP contribution in [0.1, 0.15) is 47.5 Å². The molecular formula is C18H28O2. The lowest BCUT2D eigenvalue weighted by molar-refractivity contribution is 0.179. The van der Waals surface area contributed by atoms with E-state index in [2.05, 4.69) is 39.2 Å². The zero-order valence-corrected chi connectivity index (χ0v) is 13.6. The van der Waals surface area contributed by atoms with Gasteiger partial charge in [0.2, 0.25) is 0 Å². The molecule has 0 saturated carbocycles. The van der Waals surface area contributed by atoms with Crippen molar-refractivity contribution in [2.45, 2.75) is 47.5 Å². The Balaban J connectivity index is 0.00000110. The number of ether oxygens (including phenoxy) is 2. The highest BCUT2D eigenvalue weighted by molar-refractivity contribution is 5.37. The molecule has 0 unspecified atom stereocenters. The minimum Gasteiger partial charge on any atom is -0.493 e. The molecule has 0 aliphatic carbocycles. The van der Waals surface area contributed by atoms with Crippen LogP contribution >= 0.6 is 0 Å². The third-order valence-electron chi connectivity index (χ3n) is 2.43. The lowest BCUT2D eigenvalue weighted by Crippen LogP contribution is -2.03. The summed E-state index contributed by atoms with van der Waals surface area (Å²) in [5.74, 6) is 6.66. The molecule has 0 aromatic rings. The van der Waals surface area contributed by atoms with Gasteiger partial charge >= 0.3 is 0 Å². The average Bonchev–Trinajstić information content (AvgIpc) is 2.80. The van der Waals surface area contributed by atoms with Gasteiger partial charge in [-0.1, -0.05) is 44.4 Å². The fraction of sp³-hybridized carbons (Fsp3) is 0.556. The van der Waals surface area contributed by atoms with Crippen LogP contribution in [-0.4, -0.2) is 19.8 Å². The molecule has 0 fully saturated rings. The van der Waals surface area contributed by atoms with Crippen LogP contribution in [0.15, 0.2) is 35.1 Å². The second kappa shape index (κ2) is 11.4. The van der Waals surface area contributed by atoms with Gasteiger partial charge in [-0.3, -0.25) is 0 Å².